The van der Waals surface area contributed by atoms with Crippen molar-refractivity contribution in [2.24, 2.45) is 0 Å². The highest BCUT2D eigenvalue weighted by atomic mass is 35.5. The highest BCUT2D eigenvalue weighted by Crippen LogP contribution is 2.41. The molecule has 1 unspecified atom stereocenters. The van der Waals surface area contributed by atoms with Crippen molar-refractivity contribution in [2.75, 3.05) is 31.1 Å². The summed E-state index contributed by atoms with van der Waals surface area (Å²) in [6, 6.07) is 2.06. The zero-order valence-corrected chi connectivity index (χ0v) is 18.3. The summed E-state index contributed by atoms with van der Waals surface area (Å²) in [5.74, 6) is 1.30. The summed E-state index contributed by atoms with van der Waals surface area (Å²) in [7, 11) is 0. The average molecular weight is 437 g/mol. The van der Waals surface area contributed by atoms with Crippen molar-refractivity contribution in [1.29, 1.82) is 0 Å². The van der Waals surface area contributed by atoms with E-state index in [0.717, 1.165) is 65.4 Å². The zero-order valence-electron chi connectivity index (χ0n) is 17.6. The smallest absolute Gasteiger partial charge is 0.246 e. The number of amides is 1. The third-order valence-electron chi connectivity index (χ3n) is 6.57. The Hall–Kier alpha value is -2.93. The molecular formula is C23H25ClN6O. The van der Waals surface area contributed by atoms with E-state index in [1.165, 1.54) is 17.2 Å². The maximum Gasteiger partial charge on any atom is 0.246 e. The molecule has 31 heavy (non-hydrogen) atoms. The van der Waals surface area contributed by atoms with Crippen LogP contribution in [0.1, 0.15) is 34.7 Å². The minimum absolute atomic E-state index is 0.00666. The Bertz CT molecular complexity index is 1160. The third kappa shape index (κ3) is 3.47. The lowest BCUT2D eigenvalue weighted by Gasteiger charge is -2.37. The van der Waals surface area contributed by atoms with E-state index < -0.39 is 0 Å². The fraction of sp³-hybridized carbons (Fsp3) is 0.391. The van der Waals surface area contributed by atoms with Crippen molar-refractivity contribution in [3.8, 4) is 0 Å². The molecule has 7 nitrogen and oxygen atoms in total. The van der Waals surface area contributed by atoms with E-state index in [4.69, 9.17) is 11.6 Å². The molecule has 2 aliphatic rings. The summed E-state index contributed by atoms with van der Waals surface area (Å²) in [4.78, 5) is 25.3. The molecule has 0 radical (unpaired) electrons. The van der Waals surface area contributed by atoms with Gasteiger partial charge in [0.2, 0.25) is 5.91 Å². The van der Waals surface area contributed by atoms with Gasteiger partial charge in [0.15, 0.2) is 0 Å². The molecule has 1 aliphatic heterocycles. The first-order valence-electron chi connectivity index (χ1n) is 10.7. The average Bonchev–Trinajstić information content (AvgIpc) is 3.26. The van der Waals surface area contributed by atoms with Gasteiger partial charge in [0, 0.05) is 47.8 Å². The van der Waals surface area contributed by atoms with Crippen molar-refractivity contribution < 1.29 is 4.79 Å². The molecular weight excluding hydrogens is 412 g/mol. The molecule has 1 N–H and O–H groups in total. The number of aryl methyl sites for hydroxylation is 1. The number of carbonyl (C=O) groups excluding carboxylic acids is 1. The number of fused-ring (bicyclic) bond motifs is 2. The number of carbonyl (C=O) groups is 1. The quantitative estimate of drug-likeness (QED) is 0.636. The van der Waals surface area contributed by atoms with Gasteiger partial charge < -0.3 is 9.80 Å². The van der Waals surface area contributed by atoms with Crippen molar-refractivity contribution in [3.05, 3.63) is 58.7 Å². The highest BCUT2D eigenvalue weighted by Gasteiger charge is 2.30. The summed E-state index contributed by atoms with van der Waals surface area (Å²) < 4.78 is 0. The highest BCUT2D eigenvalue weighted by molar-refractivity contribution is 6.33. The Balaban J connectivity index is 1.42. The SMILES string of the molecule is C=CC(=O)N1CCN(c2ncnc3c2CCC(c2c(Cl)c(C)cc4[nH]ncc24)C3)CC1. The van der Waals surface area contributed by atoms with Crippen LogP contribution in [0.5, 0.6) is 0 Å². The van der Waals surface area contributed by atoms with Gasteiger partial charge in [0.1, 0.15) is 12.1 Å². The fourth-order valence-corrected chi connectivity index (χ4v) is 5.25. The second-order valence-electron chi connectivity index (χ2n) is 8.33. The van der Waals surface area contributed by atoms with Gasteiger partial charge in [-0.1, -0.05) is 18.2 Å². The lowest BCUT2D eigenvalue weighted by Crippen LogP contribution is -2.49. The van der Waals surface area contributed by atoms with Gasteiger partial charge in [-0.05, 0) is 55.4 Å². The first-order chi connectivity index (χ1) is 15.1. The summed E-state index contributed by atoms with van der Waals surface area (Å²) in [5.41, 5.74) is 5.59. The van der Waals surface area contributed by atoms with E-state index in [9.17, 15) is 4.79 Å². The van der Waals surface area contributed by atoms with Gasteiger partial charge in [-0.25, -0.2) is 9.97 Å². The molecule has 1 fully saturated rings. The topological polar surface area (TPSA) is 78.0 Å². The number of aromatic amines is 1. The number of piperazine rings is 1. The molecule has 160 valence electrons. The largest absolute Gasteiger partial charge is 0.353 e. The minimum atomic E-state index is -0.00666. The molecule has 1 atom stereocenters. The number of anilines is 1. The van der Waals surface area contributed by atoms with E-state index >= 15 is 0 Å². The molecule has 2 aromatic heterocycles. The van der Waals surface area contributed by atoms with Gasteiger partial charge in [-0.15, -0.1) is 0 Å². The molecule has 8 heteroatoms. The molecule has 1 amide bonds. The summed E-state index contributed by atoms with van der Waals surface area (Å²) >= 11 is 6.77. The molecule has 1 saturated heterocycles. The van der Waals surface area contributed by atoms with Crippen molar-refractivity contribution in [3.63, 3.8) is 0 Å². The Kier molecular flexibility index (Phi) is 5.14. The minimum Gasteiger partial charge on any atom is -0.353 e. The number of hydrogen-bond donors (Lipinski definition) is 1. The first kappa shape index (κ1) is 20.0. The third-order valence-corrected chi connectivity index (χ3v) is 7.07. The van der Waals surface area contributed by atoms with E-state index in [2.05, 4.69) is 37.7 Å². The molecule has 3 aromatic rings. The van der Waals surface area contributed by atoms with Crippen LogP contribution in [0.15, 0.2) is 31.2 Å². The normalized spacial score (nSPS) is 18.8. The Morgan fingerprint density at radius 3 is 2.87 bits per heavy atom. The lowest BCUT2D eigenvalue weighted by molar-refractivity contribution is -0.126. The summed E-state index contributed by atoms with van der Waals surface area (Å²) in [6.45, 7) is 8.54. The molecule has 1 aromatic carbocycles. The lowest BCUT2D eigenvalue weighted by atomic mass is 9.80. The van der Waals surface area contributed by atoms with Gasteiger partial charge in [-0.2, -0.15) is 5.10 Å². The van der Waals surface area contributed by atoms with Crippen LogP contribution in [-0.4, -0.2) is 57.2 Å². The number of nitrogens with zero attached hydrogens (tertiary/aromatic N) is 5. The van der Waals surface area contributed by atoms with E-state index in [-0.39, 0.29) is 5.91 Å². The Labute approximate surface area is 186 Å². The molecule has 5 rings (SSSR count). The molecule has 0 spiro atoms. The Morgan fingerprint density at radius 2 is 2.10 bits per heavy atom. The number of H-pyrrole nitrogens is 1. The van der Waals surface area contributed by atoms with Crippen LogP contribution < -0.4 is 4.90 Å². The second-order valence-corrected chi connectivity index (χ2v) is 8.71. The van der Waals surface area contributed by atoms with Gasteiger partial charge in [0.25, 0.3) is 0 Å². The summed E-state index contributed by atoms with van der Waals surface area (Å²) in [5, 5.41) is 9.24. The van der Waals surface area contributed by atoms with Gasteiger partial charge in [0.05, 0.1) is 11.7 Å². The van der Waals surface area contributed by atoms with Crippen LogP contribution in [0.3, 0.4) is 0 Å². The predicted octanol–water partition coefficient (Wildman–Crippen LogP) is 3.42. The van der Waals surface area contributed by atoms with Gasteiger partial charge >= 0.3 is 0 Å². The second kappa shape index (κ2) is 7.96. The summed E-state index contributed by atoms with van der Waals surface area (Å²) in [6.07, 6.45) is 7.67. The van der Waals surface area contributed by atoms with Crippen LogP contribution in [0.4, 0.5) is 5.82 Å². The van der Waals surface area contributed by atoms with Gasteiger partial charge in [-0.3, -0.25) is 9.89 Å². The van der Waals surface area contributed by atoms with E-state index in [0.29, 0.717) is 19.0 Å². The maximum atomic E-state index is 11.9. The van der Waals surface area contributed by atoms with Crippen LogP contribution in [0.2, 0.25) is 5.02 Å². The number of hydrogen-bond acceptors (Lipinski definition) is 5. The number of benzene rings is 1. The molecule has 1 aliphatic carbocycles. The van der Waals surface area contributed by atoms with E-state index in [1.807, 2.05) is 18.0 Å². The van der Waals surface area contributed by atoms with Crippen LogP contribution in [0.25, 0.3) is 10.9 Å². The molecule has 0 saturated carbocycles. The maximum absolute atomic E-state index is 11.9. The van der Waals surface area contributed by atoms with Crippen LogP contribution >= 0.6 is 11.6 Å². The van der Waals surface area contributed by atoms with Crippen LogP contribution in [-0.2, 0) is 17.6 Å². The zero-order chi connectivity index (χ0) is 21.5. The van der Waals surface area contributed by atoms with Crippen molar-refractivity contribution in [1.82, 2.24) is 25.1 Å². The number of aromatic nitrogens is 4. The monoisotopic (exact) mass is 436 g/mol. The molecule has 3 heterocycles. The number of halogens is 1. The number of nitrogens with one attached hydrogen (secondary N) is 1. The predicted molar refractivity (Wildman–Crippen MR) is 122 cm³/mol. The standard InChI is InChI=1S/C23H25ClN6O/c1-3-20(31)29-6-8-30(9-7-29)23-16-5-4-15(11-18(16)25-13-26-23)21-17-12-27-28-19(17)10-14(2)22(21)24/h3,10,12-13,15H,1,4-9,11H2,2H3,(H,27,28). The fourth-order valence-electron chi connectivity index (χ4n) is 4.94. The van der Waals surface area contributed by atoms with Crippen molar-refractivity contribution in [2.45, 2.75) is 32.1 Å². The van der Waals surface area contributed by atoms with Crippen molar-refractivity contribution >= 4 is 34.2 Å². The molecule has 0 bridgehead atoms. The van der Waals surface area contributed by atoms with Crippen LogP contribution in [0, 0.1) is 6.92 Å². The Morgan fingerprint density at radius 1 is 1.29 bits per heavy atom. The first-order valence-corrected chi connectivity index (χ1v) is 11.1. The number of rotatable bonds is 3. The van der Waals surface area contributed by atoms with E-state index in [1.54, 1.807) is 6.33 Å².